The predicted molar refractivity (Wildman–Crippen MR) is 267 cm³/mol. The number of nitrogens with zero attached hydrogens (tertiary/aromatic N) is 6. The van der Waals surface area contributed by atoms with Crippen molar-refractivity contribution in [3.8, 4) is 46.0 Å². The molecule has 1 atom stereocenters. The lowest BCUT2D eigenvalue weighted by molar-refractivity contribution is 0.436. The van der Waals surface area contributed by atoms with Crippen LogP contribution in [0.15, 0.2) is 207 Å². The molecule has 0 radical (unpaired) electrons. The predicted octanol–water partition coefficient (Wildman–Crippen LogP) is 14.1. The minimum atomic E-state index is -0.768. The molecule has 0 N–H and O–H groups in total. The molecule has 7 nitrogen and oxygen atoms in total. The van der Waals surface area contributed by atoms with E-state index in [-0.39, 0.29) is 0 Å². The Morgan fingerprint density at radius 1 is 0.388 bits per heavy atom. The zero-order valence-corrected chi connectivity index (χ0v) is 35.7. The lowest BCUT2D eigenvalue weighted by Gasteiger charge is -2.39. The standard InChI is InChI=1S/C60H34N6O/c61-34-36-23-27-54-44(30-36)42-14-3-8-20-52(42)64(54)37-25-28-55-45(31-37)43-15-4-9-21-53(43)65(55)38-24-26-47-57(33-38)67-56-22-10-5-16-46(56)60(47)48-17-11-29-62-58(48)59-49(60)32-39(35-63-59)66-50-18-6-1-12-40(50)41-13-2-7-19-51(41)66/h1-33,35H. The van der Waals surface area contributed by atoms with Crippen LogP contribution in [0.2, 0.25) is 0 Å². The highest BCUT2D eigenvalue weighted by molar-refractivity contribution is 6.13. The van der Waals surface area contributed by atoms with Crippen LogP contribution in [0, 0.1) is 11.3 Å². The molecular formula is C60H34N6O. The number of ether oxygens (including phenoxy) is 1. The Kier molecular flexibility index (Phi) is 7.10. The van der Waals surface area contributed by atoms with Crippen LogP contribution in [0.25, 0.3) is 93.9 Å². The number of hydrogen-bond acceptors (Lipinski definition) is 4. The van der Waals surface area contributed by atoms with E-state index in [9.17, 15) is 5.26 Å². The van der Waals surface area contributed by atoms with Crippen molar-refractivity contribution in [3.05, 3.63) is 234 Å². The van der Waals surface area contributed by atoms with Crippen molar-refractivity contribution >= 4 is 65.4 Å². The molecule has 0 saturated heterocycles. The topological polar surface area (TPSA) is 73.6 Å². The Hall–Kier alpha value is -9.25. The van der Waals surface area contributed by atoms with Gasteiger partial charge in [-0.25, -0.2) is 0 Å². The summed E-state index contributed by atoms with van der Waals surface area (Å²) in [5.41, 5.74) is 15.5. The molecule has 2 aliphatic rings. The summed E-state index contributed by atoms with van der Waals surface area (Å²) in [6.07, 6.45) is 3.88. The highest BCUT2D eigenvalue weighted by Gasteiger charge is 2.52. The molecule has 310 valence electrons. The molecule has 67 heavy (non-hydrogen) atoms. The normalized spacial score (nSPS) is 14.7. The van der Waals surface area contributed by atoms with E-state index < -0.39 is 5.41 Å². The van der Waals surface area contributed by atoms with Gasteiger partial charge in [-0.3, -0.25) is 9.97 Å². The van der Waals surface area contributed by atoms with E-state index in [0.717, 1.165) is 117 Å². The van der Waals surface area contributed by atoms with Crippen LogP contribution in [-0.4, -0.2) is 23.7 Å². The molecule has 0 fully saturated rings. The number of pyridine rings is 2. The molecule has 0 bridgehead atoms. The molecule has 0 saturated carbocycles. The van der Waals surface area contributed by atoms with Crippen LogP contribution in [0.4, 0.5) is 0 Å². The smallest absolute Gasteiger partial charge is 0.134 e. The second-order valence-electron chi connectivity index (χ2n) is 17.6. The van der Waals surface area contributed by atoms with Gasteiger partial charge in [0.05, 0.1) is 73.4 Å². The van der Waals surface area contributed by atoms with Gasteiger partial charge >= 0.3 is 0 Å². The van der Waals surface area contributed by atoms with Crippen LogP contribution in [0.5, 0.6) is 11.5 Å². The highest BCUT2D eigenvalue weighted by Crippen LogP contribution is 2.62. The number of hydrogen-bond donors (Lipinski definition) is 0. The summed E-state index contributed by atoms with van der Waals surface area (Å²) in [7, 11) is 0. The average molecular weight is 855 g/mol. The van der Waals surface area contributed by atoms with Crippen molar-refractivity contribution in [2.24, 2.45) is 0 Å². The summed E-state index contributed by atoms with van der Waals surface area (Å²) >= 11 is 0. The summed E-state index contributed by atoms with van der Waals surface area (Å²) in [6.45, 7) is 0. The third-order valence-electron chi connectivity index (χ3n) is 14.4. The van der Waals surface area contributed by atoms with E-state index in [0.29, 0.717) is 5.56 Å². The largest absolute Gasteiger partial charge is 0.457 e. The van der Waals surface area contributed by atoms with Gasteiger partial charge in [0.15, 0.2) is 0 Å². The highest BCUT2D eigenvalue weighted by atomic mass is 16.5. The number of para-hydroxylation sites is 5. The van der Waals surface area contributed by atoms with Gasteiger partial charge in [-0.15, -0.1) is 0 Å². The Bertz CT molecular complexity index is 4300. The second-order valence-corrected chi connectivity index (χ2v) is 17.6. The lowest BCUT2D eigenvalue weighted by atomic mass is 9.66. The fourth-order valence-corrected chi connectivity index (χ4v) is 11.7. The summed E-state index contributed by atoms with van der Waals surface area (Å²) in [5, 5.41) is 16.7. The van der Waals surface area contributed by atoms with Gasteiger partial charge in [0.25, 0.3) is 0 Å². The fraction of sp³-hybridized carbons (Fsp3) is 0.0167. The van der Waals surface area contributed by atoms with Crippen LogP contribution < -0.4 is 4.74 Å². The van der Waals surface area contributed by atoms with Crippen molar-refractivity contribution in [3.63, 3.8) is 0 Å². The molecule has 7 heteroatoms. The third kappa shape index (κ3) is 4.68. The average Bonchev–Trinajstić information content (AvgIpc) is 4.10. The first-order chi connectivity index (χ1) is 33.2. The first-order valence-corrected chi connectivity index (χ1v) is 22.5. The first-order valence-electron chi connectivity index (χ1n) is 22.5. The second kappa shape index (κ2) is 13.2. The molecule has 13 aromatic rings. The van der Waals surface area contributed by atoms with E-state index >= 15 is 0 Å². The van der Waals surface area contributed by atoms with Crippen molar-refractivity contribution in [2.75, 3.05) is 0 Å². The van der Waals surface area contributed by atoms with Crippen LogP contribution in [-0.2, 0) is 5.41 Å². The fourth-order valence-electron chi connectivity index (χ4n) is 11.7. The number of fused-ring (bicyclic) bond motifs is 18. The Labute approximate surface area is 383 Å². The maximum atomic E-state index is 9.78. The molecule has 8 aromatic carbocycles. The van der Waals surface area contributed by atoms with Crippen LogP contribution in [0.1, 0.15) is 27.8 Å². The van der Waals surface area contributed by atoms with Crippen molar-refractivity contribution in [1.29, 1.82) is 5.26 Å². The zero-order chi connectivity index (χ0) is 44.0. The van der Waals surface area contributed by atoms with E-state index in [1.165, 1.54) is 10.8 Å². The molecule has 15 rings (SSSR count). The van der Waals surface area contributed by atoms with E-state index in [2.05, 4.69) is 196 Å². The molecule has 1 aliphatic heterocycles. The zero-order valence-electron chi connectivity index (χ0n) is 35.7. The van der Waals surface area contributed by atoms with Gasteiger partial charge in [0.2, 0.25) is 0 Å². The van der Waals surface area contributed by atoms with Gasteiger partial charge < -0.3 is 18.4 Å². The number of nitriles is 1. The molecule has 1 unspecified atom stereocenters. The van der Waals surface area contributed by atoms with Crippen molar-refractivity contribution in [1.82, 2.24) is 23.7 Å². The Morgan fingerprint density at radius 2 is 0.896 bits per heavy atom. The van der Waals surface area contributed by atoms with Crippen LogP contribution in [0.3, 0.4) is 0 Å². The van der Waals surface area contributed by atoms with Gasteiger partial charge in [-0.05, 0) is 90.5 Å². The van der Waals surface area contributed by atoms with Crippen LogP contribution >= 0.6 is 0 Å². The number of rotatable bonds is 3. The number of benzene rings is 8. The minimum absolute atomic E-state index is 0.649. The summed E-state index contributed by atoms with van der Waals surface area (Å²) in [5.74, 6) is 1.59. The molecule has 1 aliphatic carbocycles. The minimum Gasteiger partial charge on any atom is -0.457 e. The molecular weight excluding hydrogens is 821 g/mol. The van der Waals surface area contributed by atoms with E-state index in [1.807, 2.05) is 30.6 Å². The molecule has 6 heterocycles. The first kappa shape index (κ1) is 36.1. The summed E-state index contributed by atoms with van der Waals surface area (Å²) in [6, 6.07) is 71.1. The Balaban J connectivity index is 0.954. The molecule has 5 aromatic heterocycles. The van der Waals surface area contributed by atoms with Crippen molar-refractivity contribution < 1.29 is 4.74 Å². The summed E-state index contributed by atoms with van der Waals surface area (Å²) < 4.78 is 14.1. The molecule has 0 amide bonds. The monoisotopic (exact) mass is 854 g/mol. The number of aromatic nitrogens is 5. The van der Waals surface area contributed by atoms with Gasteiger partial charge in [-0.2, -0.15) is 5.26 Å². The van der Waals surface area contributed by atoms with Gasteiger partial charge in [0.1, 0.15) is 11.5 Å². The Morgan fingerprint density at radius 3 is 1.58 bits per heavy atom. The maximum absolute atomic E-state index is 9.78. The maximum Gasteiger partial charge on any atom is 0.134 e. The van der Waals surface area contributed by atoms with E-state index in [1.54, 1.807) is 0 Å². The van der Waals surface area contributed by atoms with Gasteiger partial charge in [-0.1, -0.05) is 103 Å². The van der Waals surface area contributed by atoms with Crippen molar-refractivity contribution in [2.45, 2.75) is 5.41 Å². The quantitative estimate of drug-likeness (QED) is 0.177. The third-order valence-corrected chi connectivity index (χ3v) is 14.4. The molecule has 1 spiro atoms. The van der Waals surface area contributed by atoms with Gasteiger partial charge in [0, 0.05) is 72.6 Å². The summed E-state index contributed by atoms with van der Waals surface area (Å²) in [4.78, 5) is 10.4. The lowest BCUT2D eigenvalue weighted by Crippen LogP contribution is -2.32. The SMILES string of the molecule is N#Cc1ccc2c(c1)c1ccccc1n2-c1ccc2c(c1)c1ccccc1n2-c1ccc2c(c1)Oc1ccccc1C21c2cccnc2-c2ncc(-n3c4ccccc4c4ccccc43)cc21. The van der Waals surface area contributed by atoms with E-state index in [4.69, 9.17) is 14.7 Å².